The first kappa shape index (κ1) is 14.4. The molecule has 2 aromatic carbocycles. The molecule has 0 saturated heterocycles. The van der Waals surface area contributed by atoms with Crippen molar-refractivity contribution in [3.63, 3.8) is 0 Å². The molecule has 2 rings (SSSR count). The number of nitrogens with zero attached hydrogens (tertiary/aromatic N) is 1. The third-order valence-electron chi connectivity index (χ3n) is 3.03. The lowest BCUT2D eigenvalue weighted by Crippen LogP contribution is -2.19. The van der Waals surface area contributed by atoms with Gasteiger partial charge in [-0.15, -0.1) is 0 Å². The van der Waals surface area contributed by atoms with E-state index in [2.05, 4.69) is 10.6 Å². The molecule has 2 amide bonds. The summed E-state index contributed by atoms with van der Waals surface area (Å²) in [4.78, 5) is 11.9. The Bertz CT molecular complexity index is 704. The Hall–Kier alpha value is -3.00. The maximum Gasteiger partial charge on any atom is 0.323 e. The minimum absolute atomic E-state index is 0.381. The number of rotatable bonds is 3. The lowest BCUT2D eigenvalue weighted by molar-refractivity contribution is 0.262. The van der Waals surface area contributed by atoms with E-state index in [1.54, 1.807) is 36.4 Å². The van der Waals surface area contributed by atoms with Crippen LogP contribution in [0.2, 0.25) is 0 Å². The van der Waals surface area contributed by atoms with Crippen LogP contribution in [-0.2, 0) is 6.42 Å². The molecule has 0 fully saturated rings. The van der Waals surface area contributed by atoms with Crippen molar-refractivity contribution in [3.8, 4) is 6.07 Å². The Morgan fingerprint density at radius 2 is 1.90 bits per heavy atom. The van der Waals surface area contributed by atoms with Gasteiger partial charge in [0.1, 0.15) is 0 Å². The number of amides is 2. The Morgan fingerprint density at radius 1 is 1.19 bits per heavy atom. The van der Waals surface area contributed by atoms with Crippen molar-refractivity contribution in [2.24, 2.45) is 0 Å². The van der Waals surface area contributed by atoms with Gasteiger partial charge in [0.15, 0.2) is 0 Å². The smallest absolute Gasteiger partial charge is 0.323 e. The van der Waals surface area contributed by atoms with E-state index in [-0.39, 0.29) is 6.03 Å². The third kappa shape index (κ3) is 3.74. The number of nitrogen functional groups attached to an aromatic ring is 1. The minimum atomic E-state index is -0.381. The first-order valence-electron chi connectivity index (χ1n) is 6.59. The van der Waals surface area contributed by atoms with Gasteiger partial charge in [0.25, 0.3) is 0 Å². The van der Waals surface area contributed by atoms with Gasteiger partial charge in [0.05, 0.1) is 11.6 Å². The second kappa shape index (κ2) is 6.44. The number of carbonyl (C=O) groups is 1. The summed E-state index contributed by atoms with van der Waals surface area (Å²) in [5, 5.41) is 14.2. The van der Waals surface area contributed by atoms with Crippen molar-refractivity contribution in [1.82, 2.24) is 0 Å². The van der Waals surface area contributed by atoms with Gasteiger partial charge in [0, 0.05) is 17.1 Å². The van der Waals surface area contributed by atoms with E-state index < -0.39 is 0 Å². The average molecular weight is 280 g/mol. The molecule has 0 aliphatic rings. The predicted octanol–water partition coefficient (Wildman–Crippen LogP) is 3.35. The highest BCUT2D eigenvalue weighted by Crippen LogP contribution is 2.19. The van der Waals surface area contributed by atoms with Gasteiger partial charge in [-0.2, -0.15) is 5.26 Å². The number of hydrogen-bond acceptors (Lipinski definition) is 3. The second-order valence-corrected chi connectivity index (χ2v) is 4.54. The highest BCUT2D eigenvalue weighted by Gasteiger charge is 2.05. The van der Waals surface area contributed by atoms with Crippen LogP contribution < -0.4 is 16.4 Å². The molecule has 0 aliphatic carbocycles. The molecule has 0 unspecified atom stereocenters. The van der Waals surface area contributed by atoms with E-state index in [9.17, 15) is 4.79 Å². The number of nitrogens with two attached hydrogens (primary N) is 1. The summed E-state index contributed by atoms with van der Waals surface area (Å²) < 4.78 is 0. The normalized spacial score (nSPS) is 9.71. The summed E-state index contributed by atoms with van der Waals surface area (Å²) in [5.74, 6) is 0. The Kier molecular flexibility index (Phi) is 4.42. The van der Waals surface area contributed by atoms with Crippen LogP contribution in [-0.4, -0.2) is 6.03 Å². The van der Waals surface area contributed by atoms with Crippen LogP contribution in [0.4, 0.5) is 21.9 Å². The molecule has 21 heavy (non-hydrogen) atoms. The maximum atomic E-state index is 11.9. The fourth-order valence-electron chi connectivity index (χ4n) is 1.95. The quantitative estimate of drug-likeness (QED) is 0.753. The van der Waals surface area contributed by atoms with Crippen molar-refractivity contribution in [3.05, 3.63) is 53.6 Å². The largest absolute Gasteiger partial charge is 0.398 e. The molecule has 0 saturated carbocycles. The highest BCUT2D eigenvalue weighted by molar-refractivity contribution is 6.00. The fraction of sp³-hybridized carbons (Fsp3) is 0.125. The summed E-state index contributed by atoms with van der Waals surface area (Å²) in [6.45, 7) is 2.02. The molecule has 0 spiro atoms. The number of nitriles is 1. The molecule has 4 N–H and O–H groups in total. The van der Waals surface area contributed by atoms with Crippen molar-refractivity contribution < 1.29 is 4.79 Å². The Balaban J connectivity index is 2.04. The van der Waals surface area contributed by atoms with Gasteiger partial charge in [0.2, 0.25) is 0 Å². The number of benzene rings is 2. The first-order valence-corrected chi connectivity index (χ1v) is 6.59. The molecule has 0 aliphatic heterocycles. The summed E-state index contributed by atoms with van der Waals surface area (Å²) in [6, 6.07) is 13.8. The number of urea groups is 1. The van der Waals surface area contributed by atoms with Gasteiger partial charge in [-0.05, 0) is 42.3 Å². The molecule has 5 nitrogen and oxygen atoms in total. The number of carbonyl (C=O) groups excluding carboxylic acids is 1. The minimum Gasteiger partial charge on any atom is -0.398 e. The van der Waals surface area contributed by atoms with Crippen LogP contribution in [0.5, 0.6) is 0 Å². The molecule has 0 bridgehead atoms. The molecular formula is C16H16N4O. The number of anilines is 3. The van der Waals surface area contributed by atoms with Crippen LogP contribution in [0.15, 0.2) is 42.5 Å². The zero-order chi connectivity index (χ0) is 15.2. The second-order valence-electron chi connectivity index (χ2n) is 4.54. The summed E-state index contributed by atoms with van der Waals surface area (Å²) in [5.41, 5.74) is 9.26. The molecule has 106 valence electrons. The standard InChI is InChI=1S/C16H16N4O/c1-2-12-6-7-14(9-15(12)18)20-16(21)19-13-5-3-4-11(8-13)10-17/h3-9H,2,18H2,1H3,(H2,19,20,21). The van der Waals surface area contributed by atoms with Crippen molar-refractivity contribution >= 4 is 23.1 Å². The number of aryl methyl sites for hydroxylation is 1. The summed E-state index contributed by atoms with van der Waals surface area (Å²) in [7, 11) is 0. The zero-order valence-corrected chi connectivity index (χ0v) is 11.7. The maximum absolute atomic E-state index is 11.9. The Morgan fingerprint density at radius 3 is 2.52 bits per heavy atom. The van der Waals surface area contributed by atoms with E-state index in [0.29, 0.717) is 22.6 Å². The summed E-state index contributed by atoms with van der Waals surface area (Å²) in [6.07, 6.45) is 0.846. The van der Waals surface area contributed by atoms with E-state index >= 15 is 0 Å². The molecule has 0 atom stereocenters. The van der Waals surface area contributed by atoms with Crippen LogP contribution in [0, 0.1) is 11.3 Å². The van der Waals surface area contributed by atoms with E-state index in [1.165, 1.54) is 0 Å². The van der Waals surface area contributed by atoms with Crippen molar-refractivity contribution in [2.75, 3.05) is 16.4 Å². The molecular weight excluding hydrogens is 264 g/mol. The molecule has 5 heteroatoms. The van der Waals surface area contributed by atoms with E-state index in [4.69, 9.17) is 11.0 Å². The van der Waals surface area contributed by atoms with Crippen molar-refractivity contribution in [2.45, 2.75) is 13.3 Å². The lowest BCUT2D eigenvalue weighted by Gasteiger charge is -2.10. The monoisotopic (exact) mass is 280 g/mol. The van der Waals surface area contributed by atoms with Gasteiger partial charge in [-0.3, -0.25) is 0 Å². The number of hydrogen-bond donors (Lipinski definition) is 3. The predicted molar refractivity (Wildman–Crippen MR) is 84.0 cm³/mol. The van der Waals surface area contributed by atoms with Crippen LogP contribution >= 0.6 is 0 Å². The topological polar surface area (TPSA) is 90.9 Å². The number of nitrogens with one attached hydrogen (secondary N) is 2. The fourth-order valence-corrected chi connectivity index (χ4v) is 1.95. The van der Waals surface area contributed by atoms with E-state index in [1.807, 2.05) is 19.1 Å². The SMILES string of the molecule is CCc1ccc(NC(=O)Nc2cccc(C#N)c2)cc1N. The van der Waals surface area contributed by atoms with Gasteiger partial charge >= 0.3 is 6.03 Å². The van der Waals surface area contributed by atoms with Crippen LogP contribution in [0.1, 0.15) is 18.1 Å². The molecule has 2 aromatic rings. The van der Waals surface area contributed by atoms with Gasteiger partial charge < -0.3 is 16.4 Å². The average Bonchev–Trinajstić information content (AvgIpc) is 2.47. The van der Waals surface area contributed by atoms with Crippen LogP contribution in [0.3, 0.4) is 0 Å². The summed E-state index contributed by atoms with van der Waals surface area (Å²) >= 11 is 0. The van der Waals surface area contributed by atoms with Gasteiger partial charge in [-0.1, -0.05) is 19.1 Å². The van der Waals surface area contributed by atoms with Crippen LogP contribution in [0.25, 0.3) is 0 Å². The highest BCUT2D eigenvalue weighted by atomic mass is 16.2. The van der Waals surface area contributed by atoms with E-state index in [0.717, 1.165) is 12.0 Å². The lowest BCUT2D eigenvalue weighted by atomic mass is 10.1. The molecule has 0 heterocycles. The molecule has 0 radical (unpaired) electrons. The molecule has 0 aromatic heterocycles. The van der Waals surface area contributed by atoms with Gasteiger partial charge in [-0.25, -0.2) is 4.79 Å². The third-order valence-corrected chi connectivity index (χ3v) is 3.03. The first-order chi connectivity index (χ1) is 10.1. The Labute approximate surface area is 123 Å². The van der Waals surface area contributed by atoms with Crippen molar-refractivity contribution in [1.29, 1.82) is 5.26 Å². The zero-order valence-electron chi connectivity index (χ0n) is 11.7.